The van der Waals surface area contributed by atoms with Crippen LogP contribution >= 0.6 is 0 Å². The first kappa shape index (κ1) is 21.2. The zero-order chi connectivity index (χ0) is 20.1. The van der Waals surface area contributed by atoms with Crippen LogP contribution in [0.4, 0.5) is 0 Å². The highest BCUT2D eigenvalue weighted by Crippen LogP contribution is 2.27. The zero-order valence-electron chi connectivity index (χ0n) is 18.1. The number of likely N-dealkylation sites (tertiary alicyclic amines) is 1. The van der Waals surface area contributed by atoms with Gasteiger partial charge in [0.2, 0.25) is 5.91 Å². The Morgan fingerprint density at radius 2 is 1.46 bits per heavy atom. The number of piperidine rings is 1. The normalized spacial score (nSPS) is 20.3. The second-order valence-electron chi connectivity index (χ2n) is 8.97. The lowest BCUT2D eigenvalue weighted by atomic mass is 9.91. The van der Waals surface area contributed by atoms with Crippen molar-refractivity contribution < 1.29 is 4.79 Å². The van der Waals surface area contributed by atoms with Gasteiger partial charge in [-0.25, -0.2) is 9.97 Å². The number of rotatable bonds is 6. The monoisotopic (exact) mass is 387 g/mol. The van der Waals surface area contributed by atoms with Crippen molar-refractivity contribution in [3.8, 4) is 0 Å². The van der Waals surface area contributed by atoms with Crippen molar-refractivity contribution in [1.82, 2.24) is 24.7 Å². The van der Waals surface area contributed by atoms with E-state index in [0.717, 1.165) is 58.2 Å². The summed E-state index contributed by atoms with van der Waals surface area (Å²) >= 11 is 0. The molecule has 0 aromatic carbocycles. The zero-order valence-corrected chi connectivity index (χ0v) is 18.1. The van der Waals surface area contributed by atoms with Crippen LogP contribution in [0.1, 0.15) is 63.8 Å². The first-order valence-corrected chi connectivity index (χ1v) is 11.0. The quantitative estimate of drug-likeness (QED) is 0.751. The molecule has 0 N–H and O–H groups in total. The number of amides is 1. The number of carbonyl (C=O) groups is 1. The van der Waals surface area contributed by atoms with Crippen molar-refractivity contribution in [3.05, 3.63) is 23.8 Å². The summed E-state index contributed by atoms with van der Waals surface area (Å²) in [6, 6.07) is 0. The number of piperazine rings is 1. The first-order chi connectivity index (χ1) is 13.4. The number of hydrogen-bond donors (Lipinski definition) is 0. The van der Waals surface area contributed by atoms with Crippen LogP contribution in [0.2, 0.25) is 0 Å². The molecule has 2 saturated heterocycles. The third-order valence-corrected chi connectivity index (χ3v) is 6.18. The molecule has 3 heterocycles. The molecular formula is C22H37N5O. The number of hydrogen-bond acceptors (Lipinski definition) is 5. The van der Waals surface area contributed by atoms with Crippen LogP contribution in [0.3, 0.4) is 0 Å². The molecule has 156 valence electrons. The Balaban J connectivity index is 1.36. The van der Waals surface area contributed by atoms with Crippen LogP contribution in [-0.2, 0) is 4.79 Å². The van der Waals surface area contributed by atoms with E-state index in [9.17, 15) is 4.79 Å². The van der Waals surface area contributed by atoms with Crippen LogP contribution in [0.15, 0.2) is 12.4 Å². The highest BCUT2D eigenvalue weighted by molar-refractivity contribution is 5.78. The summed E-state index contributed by atoms with van der Waals surface area (Å²) in [5.74, 6) is 2.34. The fourth-order valence-electron chi connectivity index (χ4n) is 4.19. The molecule has 6 nitrogen and oxygen atoms in total. The summed E-state index contributed by atoms with van der Waals surface area (Å²) in [6.45, 7) is 16.6. The molecule has 6 heteroatoms. The van der Waals surface area contributed by atoms with E-state index in [1.165, 1.54) is 18.4 Å². The molecule has 0 aliphatic carbocycles. The van der Waals surface area contributed by atoms with E-state index in [4.69, 9.17) is 0 Å². The molecule has 1 amide bonds. The van der Waals surface area contributed by atoms with Gasteiger partial charge in [-0.3, -0.25) is 9.69 Å². The van der Waals surface area contributed by atoms with E-state index in [1.54, 1.807) is 0 Å². The molecule has 0 spiro atoms. The predicted molar refractivity (Wildman–Crippen MR) is 112 cm³/mol. The molecule has 2 aliphatic heterocycles. The largest absolute Gasteiger partial charge is 0.340 e. The van der Waals surface area contributed by atoms with Crippen LogP contribution < -0.4 is 0 Å². The second-order valence-corrected chi connectivity index (χ2v) is 8.97. The number of nitrogens with zero attached hydrogens (tertiary/aromatic N) is 5. The molecule has 1 aromatic rings. The van der Waals surface area contributed by atoms with Crippen LogP contribution in [0, 0.1) is 5.92 Å². The molecule has 0 unspecified atom stereocenters. The van der Waals surface area contributed by atoms with Crippen molar-refractivity contribution in [2.75, 3.05) is 52.4 Å². The van der Waals surface area contributed by atoms with E-state index in [1.807, 2.05) is 31.1 Å². The Labute approximate surface area is 170 Å². The minimum absolute atomic E-state index is 0.111. The molecule has 1 aromatic heterocycles. The van der Waals surface area contributed by atoms with Gasteiger partial charge in [0.25, 0.3) is 0 Å². The SMILES string of the molecule is CC(C)C(=O)N1CCN(CCN2CCC(c3cnc(C(C)C)nc3)CC2)CC1. The average molecular weight is 388 g/mol. The molecule has 2 fully saturated rings. The van der Waals surface area contributed by atoms with E-state index in [-0.39, 0.29) is 5.92 Å². The summed E-state index contributed by atoms with van der Waals surface area (Å²) < 4.78 is 0. The highest BCUT2D eigenvalue weighted by atomic mass is 16.2. The highest BCUT2D eigenvalue weighted by Gasteiger charge is 2.24. The maximum Gasteiger partial charge on any atom is 0.225 e. The molecule has 3 rings (SSSR count). The van der Waals surface area contributed by atoms with Gasteiger partial charge in [0.1, 0.15) is 5.82 Å². The topological polar surface area (TPSA) is 52.6 Å². The van der Waals surface area contributed by atoms with Crippen molar-refractivity contribution in [2.45, 2.75) is 52.4 Å². The Hall–Kier alpha value is -1.53. The van der Waals surface area contributed by atoms with E-state index in [0.29, 0.717) is 17.7 Å². The van der Waals surface area contributed by atoms with Gasteiger partial charge in [0.05, 0.1) is 0 Å². The molecule has 28 heavy (non-hydrogen) atoms. The lowest BCUT2D eigenvalue weighted by Crippen LogP contribution is -2.51. The van der Waals surface area contributed by atoms with Crippen LogP contribution in [0.5, 0.6) is 0 Å². The van der Waals surface area contributed by atoms with E-state index < -0.39 is 0 Å². The second kappa shape index (κ2) is 9.79. The molecule has 2 aliphatic rings. The molecule has 0 saturated carbocycles. The molecular weight excluding hydrogens is 350 g/mol. The standard InChI is InChI=1S/C22H37N5O/c1-17(2)21-23-15-20(16-24-21)19-5-7-25(8-6-19)9-10-26-11-13-27(14-12-26)22(28)18(3)4/h15-19H,5-14H2,1-4H3. The van der Waals surface area contributed by atoms with Crippen molar-refractivity contribution >= 4 is 5.91 Å². The van der Waals surface area contributed by atoms with Gasteiger partial charge in [-0.1, -0.05) is 27.7 Å². The summed E-state index contributed by atoms with van der Waals surface area (Å²) in [5, 5.41) is 0. The van der Waals surface area contributed by atoms with Gasteiger partial charge in [0.15, 0.2) is 0 Å². The van der Waals surface area contributed by atoms with Crippen molar-refractivity contribution in [1.29, 1.82) is 0 Å². The third kappa shape index (κ3) is 5.51. The van der Waals surface area contributed by atoms with Crippen LogP contribution in [-0.4, -0.2) is 82.9 Å². The number of aromatic nitrogens is 2. The van der Waals surface area contributed by atoms with Gasteiger partial charge >= 0.3 is 0 Å². The van der Waals surface area contributed by atoms with Crippen molar-refractivity contribution in [3.63, 3.8) is 0 Å². The van der Waals surface area contributed by atoms with Crippen molar-refractivity contribution in [2.24, 2.45) is 5.92 Å². The molecule has 0 radical (unpaired) electrons. The van der Waals surface area contributed by atoms with Gasteiger partial charge in [-0.2, -0.15) is 0 Å². The van der Waals surface area contributed by atoms with Gasteiger partial charge in [-0.05, 0) is 37.4 Å². The molecule has 0 bridgehead atoms. The number of carbonyl (C=O) groups excluding carboxylic acids is 1. The molecule has 0 atom stereocenters. The van der Waals surface area contributed by atoms with E-state index in [2.05, 4.69) is 33.6 Å². The lowest BCUT2D eigenvalue weighted by molar-refractivity contribution is -0.136. The van der Waals surface area contributed by atoms with E-state index >= 15 is 0 Å². The maximum atomic E-state index is 12.1. The average Bonchev–Trinajstić information content (AvgIpc) is 2.72. The summed E-state index contributed by atoms with van der Waals surface area (Å²) in [6.07, 6.45) is 6.48. The Kier molecular flexibility index (Phi) is 7.41. The summed E-state index contributed by atoms with van der Waals surface area (Å²) in [4.78, 5) is 28.3. The fraction of sp³-hybridized carbons (Fsp3) is 0.773. The fourth-order valence-corrected chi connectivity index (χ4v) is 4.19. The lowest BCUT2D eigenvalue weighted by Gasteiger charge is -2.37. The maximum absolute atomic E-state index is 12.1. The Morgan fingerprint density at radius 3 is 1.96 bits per heavy atom. The Bertz CT molecular complexity index is 614. The smallest absolute Gasteiger partial charge is 0.225 e. The third-order valence-electron chi connectivity index (χ3n) is 6.18. The predicted octanol–water partition coefficient (Wildman–Crippen LogP) is 2.58. The minimum atomic E-state index is 0.111. The first-order valence-electron chi connectivity index (χ1n) is 11.0. The summed E-state index contributed by atoms with van der Waals surface area (Å²) in [7, 11) is 0. The summed E-state index contributed by atoms with van der Waals surface area (Å²) in [5.41, 5.74) is 1.30. The van der Waals surface area contributed by atoms with Gasteiger partial charge in [0, 0.05) is 63.5 Å². The van der Waals surface area contributed by atoms with Crippen LogP contribution in [0.25, 0.3) is 0 Å². The van der Waals surface area contributed by atoms with Gasteiger partial charge < -0.3 is 9.80 Å². The van der Waals surface area contributed by atoms with Gasteiger partial charge in [-0.15, -0.1) is 0 Å². The minimum Gasteiger partial charge on any atom is -0.340 e. The Morgan fingerprint density at radius 1 is 0.929 bits per heavy atom.